The van der Waals surface area contributed by atoms with Crippen molar-refractivity contribution in [1.82, 2.24) is 35.8 Å². The number of carbonyl (C=O) groups is 2. The molecule has 0 aliphatic carbocycles. The van der Waals surface area contributed by atoms with Gasteiger partial charge in [0.1, 0.15) is 11.9 Å². The number of carbonyl (C=O) groups excluding carboxylic acids is 2. The van der Waals surface area contributed by atoms with Crippen LogP contribution in [0.1, 0.15) is 29.0 Å². The number of hydrogen-bond donors (Lipinski definition) is 3. The molecule has 0 unspecified atom stereocenters. The minimum atomic E-state index is -4.79. The van der Waals surface area contributed by atoms with Crippen LogP contribution in [0.3, 0.4) is 0 Å². The minimum Gasteiger partial charge on any atom is -0.406 e. The third kappa shape index (κ3) is 8.12. The number of nitrogens with one attached hydrogen (secondary N) is 3. The van der Waals surface area contributed by atoms with E-state index in [1.54, 1.807) is 29.3 Å². The number of hydrogen-bond acceptors (Lipinski definition) is 9. The molecule has 2 aromatic heterocycles. The highest BCUT2D eigenvalue weighted by Crippen LogP contribution is 2.28. The number of nitrogens with zero attached hydrogens (tertiary/aromatic N) is 6. The highest BCUT2D eigenvalue weighted by atomic mass is 19.4. The summed E-state index contributed by atoms with van der Waals surface area (Å²) in [7, 11) is 1.46. The third-order valence-electron chi connectivity index (χ3n) is 5.61. The van der Waals surface area contributed by atoms with Crippen molar-refractivity contribution >= 4 is 23.3 Å². The number of anilines is 2. The highest BCUT2D eigenvalue weighted by molar-refractivity contribution is 5.92. The summed E-state index contributed by atoms with van der Waals surface area (Å²) >= 11 is 0. The van der Waals surface area contributed by atoms with E-state index in [2.05, 4.69) is 41.2 Å². The van der Waals surface area contributed by atoms with Crippen molar-refractivity contribution in [1.29, 1.82) is 0 Å². The molecule has 0 saturated heterocycles. The maximum Gasteiger partial charge on any atom is 0.573 e. The van der Waals surface area contributed by atoms with Crippen molar-refractivity contribution in [3.63, 3.8) is 0 Å². The van der Waals surface area contributed by atoms with Crippen LogP contribution in [0.4, 0.5) is 29.1 Å². The lowest BCUT2D eigenvalue weighted by molar-refractivity contribution is -0.274. The molecule has 16 heteroatoms. The molecule has 0 fully saturated rings. The van der Waals surface area contributed by atoms with E-state index in [9.17, 15) is 27.2 Å². The van der Waals surface area contributed by atoms with Gasteiger partial charge in [-0.15, -0.1) is 23.4 Å². The zero-order valence-electron chi connectivity index (χ0n) is 21.2. The fourth-order valence-corrected chi connectivity index (χ4v) is 3.74. The molecule has 40 heavy (non-hydrogen) atoms. The standard InChI is InChI=1S/C24H25F4N9O3/c1-29-23(39)20-13-37(35-33-20)11-15(25)5-6-16-7-8-21(34-32-16)31-22(38)9-17-12-36(14-30-17)18-3-2-4-19(10-18)40-24(26,27)28/h2-4,7-8,10,12-13,15,30H,5-6,9,11,14H2,1H3,(H,29,39)(H,31,34,38)/t15-/m1/s1. The quantitative estimate of drug-likeness (QED) is 0.300. The highest BCUT2D eigenvalue weighted by Gasteiger charge is 2.31. The van der Waals surface area contributed by atoms with Crippen LogP contribution in [-0.4, -0.2) is 63.3 Å². The van der Waals surface area contributed by atoms with E-state index in [1.807, 2.05) is 0 Å². The third-order valence-corrected chi connectivity index (χ3v) is 5.61. The first kappa shape index (κ1) is 28.3. The predicted octanol–water partition coefficient (Wildman–Crippen LogP) is 2.53. The molecule has 1 aliphatic rings. The van der Waals surface area contributed by atoms with Crippen molar-refractivity contribution in [2.75, 3.05) is 23.9 Å². The lowest BCUT2D eigenvalue weighted by Crippen LogP contribution is -2.22. The normalized spacial score (nSPS) is 13.8. The summed E-state index contributed by atoms with van der Waals surface area (Å²) in [6, 6.07) is 8.67. The van der Waals surface area contributed by atoms with Gasteiger partial charge in [0, 0.05) is 30.7 Å². The summed E-state index contributed by atoms with van der Waals surface area (Å²) in [6.45, 7) is 0.188. The van der Waals surface area contributed by atoms with Crippen LogP contribution in [0.25, 0.3) is 0 Å². The maximum atomic E-state index is 14.4. The molecular weight excluding hydrogens is 538 g/mol. The largest absolute Gasteiger partial charge is 0.573 e. The summed E-state index contributed by atoms with van der Waals surface area (Å²) in [5, 5.41) is 23.4. The first-order valence-corrected chi connectivity index (χ1v) is 12.0. The average molecular weight is 564 g/mol. The van der Waals surface area contributed by atoms with Crippen LogP contribution in [0.5, 0.6) is 5.75 Å². The van der Waals surface area contributed by atoms with Gasteiger partial charge in [-0.25, -0.2) is 9.07 Å². The van der Waals surface area contributed by atoms with Gasteiger partial charge in [-0.2, -0.15) is 5.10 Å². The number of rotatable bonds is 11. The van der Waals surface area contributed by atoms with Gasteiger partial charge < -0.3 is 25.6 Å². The summed E-state index contributed by atoms with van der Waals surface area (Å²) in [6.07, 6.45) is -2.68. The summed E-state index contributed by atoms with van der Waals surface area (Å²) < 4.78 is 57.0. The number of halogens is 4. The zero-order valence-corrected chi connectivity index (χ0v) is 21.2. The van der Waals surface area contributed by atoms with Crippen molar-refractivity contribution in [2.24, 2.45) is 0 Å². The lowest BCUT2D eigenvalue weighted by Gasteiger charge is -2.16. The summed E-state index contributed by atoms with van der Waals surface area (Å²) in [5.74, 6) is -0.932. The Morgan fingerprint density at radius 1 is 1.18 bits per heavy atom. The van der Waals surface area contributed by atoms with Crippen molar-refractivity contribution in [3.05, 3.63) is 65.9 Å². The Kier molecular flexibility index (Phi) is 8.76. The number of ether oxygens (including phenoxy) is 1. The minimum absolute atomic E-state index is 0.0356. The van der Waals surface area contributed by atoms with Crippen LogP contribution in [-0.2, 0) is 17.8 Å². The Morgan fingerprint density at radius 2 is 2.00 bits per heavy atom. The molecule has 1 aliphatic heterocycles. The van der Waals surface area contributed by atoms with Gasteiger partial charge in [0.25, 0.3) is 5.91 Å². The molecule has 0 bridgehead atoms. The number of benzene rings is 1. The van der Waals surface area contributed by atoms with Gasteiger partial charge in [-0.3, -0.25) is 9.59 Å². The fourth-order valence-electron chi connectivity index (χ4n) is 3.74. The number of aromatic nitrogens is 5. The monoisotopic (exact) mass is 563 g/mol. The van der Waals surface area contributed by atoms with E-state index >= 15 is 0 Å². The number of amides is 2. The van der Waals surface area contributed by atoms with Gasteiger partial charge in [0.2, 0.25) is 5.91 Å². The molecule has 2 amide bonds. The fraction of sp³-hybridized carbons (Fsp3) is 0.333. The van der Waals surface area contributed by atoms with Gasteiger partial charge in [0.05, 0.1) is 31.5 Å². The Hall–Kier alpha value is -4.76. The Balaban J connectivity index is 1.23. The van der Waals surface area contributed by atoms with Crippen molar-refractivity contribution in [2.45, 2.75) is 38.3 Å². The van der Waals surface area contributed by atoms with Gasteiger partial charge in [-0.05, 0) is 37.1 Å². The first-order valence-electron chi connectivity index (χ1n) is 12.0. The first-order chi connectivity index (χ1) is 19.1. The predicted molar refractivity (Wildman–Crippen MR) is 134 cm³/mol. The van der Waals surface area contributed by atoms with E-state index < -0.39 is 18.4 Å². The van der Waals surface area contributed by atoms with E-state index in [0.29, 0.717) is 23.5 Å². The van der Waals surface area contributed by atoms with Crippen LogP contribution in [0, 0.1) is 0 Å². The average Bonchev–Trinajstić information content (AvgIpc) is 3.57. The molecular formula is C24H25F4N9O3. The zero-order chi connectivity index (χ0) is 28.7. The molecule has 0 radical (unpaired) electrons. The molecule has 1 aromatic carbocycles. The van der Waals surface area contributed by atoms with Crippen LogP contribution in [0.15, 0.2) is 54.5 Å². The molecule has 0 spiro atoms. The molecule has 1 atom stereocenters. The van der Waals surface area contributed by atoms with Crippen LogP contribution >= 0.6 is 0 Å². The second-order valence-corrected chi connectivity index (χ2v) is 8.68. The number of alkyl halides is 4. The van der Waals surface area contributed by atoms with E-state index in [-0.39, 0.29) is 49.2 Å². The van der Waals surface area contributed by atoms with E-state index in [4.69, 9.17) is 0 Å². The molecule has 4 rings (SSSR count). The van der Waals surface area contributed by atoms with Crippen LogP contribution in [0.2, 0.25) is 0 Å². The number of aryl methyl sites for hydroxylation is 1. The summed E-state index contributed by atoms with van der Waals surface area (Å²) in [5.41, 5.74) is 1.63. The maximum absolute atomic E-state index is 14.4. The Labute approximate surface area is 225 Å². The Bertz CT molecular complexity index is 1360. The van der Waals surface area contributed by atoms with E-state index in [1.165, 1.54) is 36.1 Å². The molecule has 3 N–H and O–H groups in total. The smallest absolute Gasteiger partial charge is 0.406 e. The van der Waals surface area contributed by atoms with Gasteiger partial charge >= 0.3 is 6.36 Å². The SMILES string of the molecule is CNC(=O)c1cn(C[C@H](F)CCc2ccc(NC(=O)CC3=CN(c4cccc(OC(F)(F)F)c4)CN3)nn2)nn1. The second-order valence-electron chi connectivity index (χ2n) is 8.68. The molecule has 0 saturated carbocycles. The topological polar surface area (TPSA) is 139 Å². The molecule has 212 valence electrons. The molecule has 3 heterocycles. The van der Waals surface area contributed by atoms with Crippen LogP contribution < -0.4 is 25.6 Å². The van der Waals surface area contributed by atoms with Gasteiger partial charge in [-0.1, -0.05) is 11.3 Å². The molecule has 12 nitrogen and oxygen atoms in total. The lowest BCUT2D eigenvalue weighted by atomic mass is 10.1. The van der Waals surface area contributed by atoms with Gasteiger partial charge in [0.15, 0.2) is 11.5 Å². The van der Waals surface area contributed by atoms with Crippen molar-refractivity contribution < 1.29 is 31.9 Å². The van der Waals surface area contributed by atoms with E-state index in [0.717, 1.165) is 0 Å². The molecule has 3 aromatic rings. The van der Waals surface area contributed by atoms with Crippen molar-refractivity contribution in [3.8, 4) is 5.75 Å². The Morgan fingerprint density at radius 3 is 2.73 bits per heavy atom. The summed E-state index contributed by atoms with van der Waals surface area (Å²) in [4.78, 5) is 25.6. The second kappa shape index (κ2) is 12.4.